The molecule has 5 aliphatic carbocycles. The molecule has 4 bridgehead atoms. The highest BCUT2D eigenvalue weighted by atomic mass is 32.1. The summed E-state index contributed by atoms with van der Waals surface area (Å²) in [5.41, 5.74) is 7.68. The highest BCUT2D eigenvalue weighted by Gasteiger charge is 2.70. The highest BCUT2D eigenvalue weighted by molar-refractivity contribution is 7.80. The van der Waals surface area contributed by atoms with Crippen molar-refractivity contribution in [1.82, 2.24) is 0 Å². The van der Waals surface area contributed by atoms with E-state index < -0.39 is 0 Å². The number of rotatable bonds is 6. The van der Waals surface area contributed by atoms with E-state index in [1.165, 1.54) is 50.5 Å². The average Bonchev–Trinajstić information content (AvgIpc) is 3.16. The summed E-state index contributed by atoms with van der Waals surface area (Å²) >= 11 is 6.09. The van der Waals surface area contributed by atoms with Crippen molar-refractivity contribution >= 4 is 23.4 Å². The van der Waals surface area contributed by atoms with E-state index in [1.54, 1.807) is 0 Å². The van der Waals surface area contributed by atoms with Gasteiger partial charge in [0.05, 0.1) is 6.10 Å². The standard InChI is InChI=1S/C26H36N2OS/c1-2-29-23-20-12-25(21-6-4-3-5-7-21)14-22(23)26(13-20,17-25)24(30)28-16-19-10-8-18(15-27)9-11-19/h3-7,16,18-20,22-23H,2,8-15,17,27H2,1H3. The number of hydrogen-bond donors (Lipinski definition) is 1. The highest BCUT2D eigenvalue weighted by Crippen LogP contribution is 2.71. The van der Waals surface area contributed by atoms with Crippen molar-refractivity contribution in [2.45, 2.75) is 69.8 Å². The van der Waals surface area contributed by atoms with Crippen LogP contribution < -0.4 is 5.73 Å². The van der Waals surface area contributed by atoms with Gasteiger partial charge >= 0.3 is 0 Å². The smallest absolute Gasteiger partial charge is 0.109 e. The monoisotopic (exact) mass is 424 g/mol. The minimum atomic E-state index is 0.0545. The number of benzene rings is 1. The summed E-state index contributed by atoms with van der Waals surface area (Å²) in [6.45, 7) is 3.76. The molecule has 0 amide bonds. The molecule has 1 aromatic rings. The minimum absolute atomic E-state index is 0.0545. The van der Waals surface area contributed by atoms with Gasteiger partial charge in [0.15, 0.2) is 0 Å². The second-order valence-corrected chi connectivity index (χ2v) is 10.9. The molecule has 2 N–H and O–H groups in total. The zero-order valence-corrected chi connectivity index (χ0v) is 19.1. The first kappa shape index (κ1) is 20.8. The Morgan fingerprint density at radius 1 is 1.17 bits per heavy atom. The van der Waals surface area contributed by atoms with Crippen LogP contribution in [-0.2, 0) is 10.2 Å². The summed E-state index contributed by atoms with van der Waals surface area (Å²) in [6, 6.07) is 11.2. The molecular formula is C26H36N2OS. The molecule has 5 aliphatic rings. The lowest BCUT2D eigenvalue weighted by Crippen LogP contribution is -2.39. The van der Waals surface area contributed by atoms with Gasteiger partial charge in [0.1, 0.15) is 4.99 Å². The Bertz CT molecular complexity index is 803. The van der Waals surface area contributed by atoms with Gasteiger partial charge in [0, 0.05) is 18.2 Å². The molecular weight excluding hydrogens is 388 g/mol. The van der Waals surface area contributed by atoms with Crippen LogP contribution in [0.4, 0.5) is 0 Å². The van der Waals surface area contributed by atoms with Gasteiger partial charge in [-0.1, -0.05) is 42.5 Å². The van der Waals surface area contributed by atoms with Crippen LogP contribution in [0.25, 0.3) is 0 Å². The molecule has 3 nitrogen and oxygen atoms in total. The lowest BCUT2D eigenvalue weighted by molar-refractivity contribution is -0.0225. The van der Waals surface area contributed by atoms with E-state index in [9.17, 15) is 0 Å². The quantitative estimate of drug-likeness (QED) is 0.497. The number of thiocarbonyl (C=S) groups is 1. The number of nitrogens with two attached hydrogens (primary N) is 1. The van der Waals surface area contributed by atoms with Crippen molar-refractivity contribution in [2.24, 2.45) is 39.8 Å². The molecule has 4 heteroatoms. The Hall–Kier alpha value is -1.10. The summed E-state index contributed by atoms with van der Waals surface area (Å²) in [5.74, 6) is 2.42. The zero-order valence-electron chi connectivity index (χ0n) is 18.3. The summed E-state index contributed by atoms with van der Waals surface area (Å²) in [6.07, 6.45) is 12.2. The van der Waals surface area contributed by atoms with Crippen molar-refractivity contribution in [2.75, 3.05) is 13.2 Å². The van der Waals surface area contributed by atoms with Gasteiger partial charge in [-0.15, -0.1) is 0 Å². The van der Waals surface area contributed by atoms with E-state index in [-0.39, 0.29) is 10.8 Å². The van der Waals surface area contributed by atoms with E-state index in [4.69, 9.17) is 27.7 Å². The maximum Gasteiger partial charge on any atom is 0.109 e. The third kappa shape index (κ3) is 3.30. The average molecular weight is 425 g/mol. The van der Waals surface area contributed by atoms with Crippen LogP contribution >= 0.6 is 12.2 Å². The fraction of sp³-hybridized carbons (Fsp3) is 0.692. The Kier molecular flexibility index (Phi) is 5.62. The molecule has 5 unspecified atom stereocenters. The van der Waals surface area contributed by atoms with Crippen molar-refractivity contribution in [3.63, 3.8) is 0 Å². The van der Waals surface area contributed by atoms with Crippen molar-refractivity contribution in [1.29, 1.82) is 0 Å². The lowest BCUT2D eigenvalue weighted by atomic mass is 9.63. The molecule has 162 valence electrons. The van der Waals surface area contributed by atoms with Gasteiger partial charge in [0.2, 0.25) is 0 Å². The summed E-state index contributed by atoms with van der Waals surface area (Å²) in [7, 11) is 0. The SMILES string of the molecule is CCOC1C2CC3(c4ccccc4)CC1C(C(=S)N=CC1CCC(CN)CC1)(C2)C3. The Morgan fingerprint density at radius 3 is 2.63 bits per heavy atom. The molecule has 0 heterocycles. The van der Waals surface area contributed by atoms with Crippen LogP contribution in [0.2, 0.25) is 0 Å². The third-order valence-corrected chi connectivity index (χ3v) is 9.43. The number of aliphatic imine (C=N–C) groups is 1. The van der Waals surface area contributed by atoms with Crippen LogP contribution in [0.15, 0.2) is 35.3 Å². The van der Waals surface area contributed by atoms with Gasteiger partial charge in [-0.05, 0) is 99.5 Å². The number of nitrogens with zero attached hydrogens (tertiary/aromatic N) is 1. The minimum Gasteiger partial charge on any atom is -0.378 e. The molecule has 0 aliphatic heterocycles. The van der Waals surface area contributed by atoms with Gasteiger partial charge in [-0.3, -0.25) is 4.99 Å². The fourth-order valence-corrected chi connectivity index (χ4v) is 7.97. The molecule has 1 aromatic carbocycles. The van der Waals surface area contributed by atoms with Crippen LogP contribution in [-0.4, -0.2) is 30.5 Å². The van der Waals surface area contributed by atoms with E-state index in [0.717, 1.165) is 24.6 Å². The predicted octanol–water partition coefficient (Wildman–Crippen LogP) is 5.31. The maximum absolute atomic E-state index is 6.32. The van der Waals surface area contributed by atoms with Crippen molar-refractivity contribution < 1.29 is 4.74 Å². The zero-order chi connectivity index (χ0) is 20.8. The second-order valence-electron chi connectivity index (χ2n) is 10.5. The first-order chi connectivity index (χ1) is 14.6. The van der Waals surface area contributed by atoms with Gasteiger partial charge in [-0.25, -0.2) is 0 Å². The van der Waals surface area contributed by atoms with Crippen molar-refractivity contribution in [3.05, 3.63) is 35.9 Å². The molecule has 6 rings (SSSR count). The van der Waals surface area contributed by atoms with Gasteiger partial charge in [-0.2, -0.15) is 0 Å². The van der Waals surface area contributed by atoms with E-state index >= 15 is 0 Å². The fourth-order valence-electron chi connectivity index (χ4n) is 7.61. The normalized spacial score (nSPS) is 42.3. The largest absolute Gasteiger partial charge is 0.378 e. The number of hydrogen-bond acceptors (Lipinski definition) is 3. The molecule has 0 radical (unpaired) electrons. The lowest BCUT2D eigenvalue weighted by Gasteiger charge is -2.42. The Morgan fingerprint density at radius 2 is 1.93 bits per heavy atom. The third-order valence-electron chi connectivity index (χ3n) is 8.91. The number of ether oxygens (including phenoxy) is 1. The van der Waals surface area contributed by atoms with E-state index in [0.29, 0.717) is 29.8 Å². The molecule has 5 atom stereocenters. The van der Waals surface area contributed by atoms with Crippen LogP contribution in [0.1, 0.15) is 63.9 Å². The first-order valence-corrected chi connectivity index (χ1v) is 12.5. The Balaban J connectivity index is 1.38. The summed E-state index contributed by atoms with van der Waals surface area (Å²) < 4.78 is 6.32. The molecule has 30 heavy (non-hydrogen) atoms. The van der Waals surface area contributed by atoms with Gasteiger partial charge < -0.3 is 10.5 Å². The van der Waals surface area contributed by atoms with E-state index in [2.05, 4.69) is 43.5 Å². The van der Waals surface area contributed by atoms with Crippen LogP contribution in [0, 0.1) is 29.1 Å². The summed E-state index contributed by atoms with van der Waals surface area (Å²) in [4.78, 5) is 5.98. The van der Waals surface area contributed by atoms with Crippen molar-refractivity contribution in [3.8, 4) is 0 Å². The molecule has 0 aromatic heterocycles. The molecule has 0 saturated heterocycles. The topological polar surface area (TPSA) is 47.6 Å². The second kappa shape index (κ2) is 8.11. The van der Waals surface area contributed by atoms with Crippen LogP contribution in [0.3, 0.4) is 0 Å². The summed E-state index contributed by atoms with van der Waals surface area (Å²) in [5, 5.41) is 0. The Labute approximate surface area is 186 Å². The van der Waals surface area contributed by atoms with Gasteiger partial charge in [0.25, 0.3) is 0 Å². The predicted molar refractivity (Wildman–Crippen MR) is 127 cm³/mol. The molecule has 0 spiro atoms. The molecule has 5 fully saturated rings. The molecule has 5 saturated carbocycles. The maximum atomic E-state index is 6.32. The first-order valence-electron chi connectivity index (χ1n) is 12.1. The van der Waals surface area contributed by atoms with E-state index in [1.807, 2.05) is 0 Å². The van der Waals surface area contributed by atoms with Crippen LogP contribution in [0.5, 0.6) is 0 Å².